The third kappa shape index (κ3) is 3.16. The van der Waals surface area contributed by atoms with Crippen molar-refractivity contribution < 1.29 is 39.5 Å². The molecule has 0 radical (unpaired) electrons. The van der Waals surface area contributed by atoms with Crippen LogP contribution in [0, 0.1) is 0 Å². The number of esters is 1. The zero-order chi connectivity index (χ0) is 15.6. The quantitative estimate of drug-likeness (QED) is 0.471. The first-order chi connectivity index (χ1) is 9.91. The van der Waals surface area contributed by atoms with Gasteiger partial charge in [0.25, 0.3) is 0 Å². The number of hydrogen-bond acceptors (Lipinski definition) is 8. The van der Waals surface area contributed by atoms with E-state index in [4.69, 9.17) is 14.6 Å². The fourth-order valence-electron chi connectivity index (χ4n) is 1.81. The molecule has 1 saturated heterocycles. The summed E-state index contributed by atoms with van der Waals surface area (Å²) in [6.45, 7) is 0. The Labute approximate surface area is 118 Å². The monoisotopic (exact) mass is 299 g/mol. The number of aliphatic carboxylic acids is 1. The zero-order valence-corrected chi connectivity index (χ0v) is 10.6. The van der Waals surface area contributed by atoms with Gasteiger partial charge in [0.05, 0.1) is 5.56 Å². The van der Waals surface area contributed by atoms with Gasteiger partial charge in [-0.1, -0.05) is 0 Å². The molecule has 0 bridgehead atoms. The Morgan fingerprint density at radius 2 is 1.90 bits per heavy atom. The molecule has 1 aromatic heterocycles. The Morgan fingerprint density at radius 3 is 2.48 bits per heavy atom. The van der Waals surface area contributed by atoms with Crippen LogP contribution in [0.5, 0.6) is 0 Å². The third-order valence-corrected chi connectivity index (χ3v) is 2.93. The largest absolute Gasteiger partial charge is 0.479 e. The van der Waals surface area contributed by atoms with Crippen molar-refractivity contribution in [1.82, 2.24) is 4.98 Å². The fourth-order valence-corrected chi connectivity index (χ4v) is 1.81. The van der Waals surface area contributed by atoms with E-state index in [-0.39, 0.29) is 5.56 Å². The second-order valence-corrected chi connectivity index (χ2v) is 4.38. The maximum atomic E-state index is 11.8. The second-order valence-electron chi connectivity index (χ2n) is 4.38. The molecule has 0 spiro atoms. The van der Waals surface area contributed by atoms with Crippen LogP contribution in [-0.4, -0.2) is 68.1 Å². The number of carboxylic acid groups (broad SMARTS) is 1. The average Bonchev–Trinajstić information content (AvgIpc) is 2.48. The lowest BCUT2D eigenvalue weighted by Gasteiger charge is -2.37. The molecule has 1 aliphatic heterocycles. The number of rotatable bonds is 3. The van der Waals surface area contributed by atoms with Gasteiger partial charge in [-0.15, -0.1) is 0 Å². The van der Waals surface area contributed by atoms with E-state index in [2.05, 4.69) is 4.98 Å². The number of hydrogen-bond donors (Lipinski definition) is 4. The highest BCUT2D eigenvalue weighted by Crippen LogP contribution is 2.23. The van der Waals surface area contributed by atoms with Crippen molar-refractivity contribution in [2.24, 2.45) is 0 Å². The molecule has 0 aromatic carbocycles. The summed E-state index contributed by atoms with van der Waals surface area (Å²) in [6, 6.07) is 2.87. The molecule has 9 nitrogen and oxygen atoms in total. The Balaban J connectivity index is 2.11. The number of nitrogens with zero attached hydrogens (tertiary/aromatic N) is 1. The molecule has 0 saturated carbocycles. The van der Waals surface area contributed by atoms with E-state index in [9.17, 15) is 24.9 Å². The highest BCUT2D eigenvalue weighted by molar-refractivity contribution is 5.89. The van der Waals surface area contributed by atoms with E-state index in [0.717, 1.165) is 0 Å². The summed E-state index contributed by atoms with van der Waals surface area (Å²) >= 11 is 0. The van der Waals surface area contributed by atoms with Crippen molar-refractivity contribution >= 4 is 11.9 Å². The first-order valence-corrected chi connectivity index (χ1v) is 5.95. The summed E-state index contributed by atoms with van der Waals surface area (Å²) in [5.74, 6) is -2.48. The van der Waals surface area contributed by atoms with Gasteiger partial charge < -0.3 is 29.9 Å². The number of carboxylic acids is 1. The summed E-state index contributed by atoms with van der Waals surface area (Å²) in [4.78, 5) is 26.4. The van der Waals surface area contributed by atoms with Gasteiger partial charge in [0.15, 0.2) is 6.10 Å². The van der Waals surface area contributed by atoms with E-state index in [1.54, 1.807) is 0 Å². The molecule has 5 atom stereocenters. The predicted octanol–water partition coefficient (Wildman–Crippen LogP) is -1.87. The summed E-state index contributed by atoms with van der Waals surface area (Å²) < 4.78 is 9.62. The molecule has 1 aromatic rings. The number of aliphatic hydroxyl groups is 3. The number of ether oxygens (including phenoxy) is 2. The van der Waals surface area contributed by atoms with Gasteiger partial charge in [0.1, 0.15) is 18.3 Å². The highest BCUT2D eigenvalue weighted by atomic mass is 16.7. The minimum absolute atomic E-state index is 0.0563. The van der Waals surface area contributed by atoms with Crippen LogP contribution in [0.1, 0.15) is 10.4 Å². The number of aromatic nitrogens is 1. The van der Waals surface area contributed by atoms with Gasteiger partial charge in [-0.25, -0.2) is 9.59 Å². The molecule has 1 aliphatic rings. The number of carbonyl (C=O) groups is 2. The Hall–Kier alpha value is -2.07. The van der Waals surface area contributed by atoms with Gasteiger partial charge in [0.2, 0.25) is 6.29 Å². The topological polar surface area (TPSA) is 146 Å². The number of pyridine rings is 1. The van der Waals surface area contributed by atoms with Gasteiger partial charge in [0, 0.05) is 12.4 Å². The zero-order valence-electron chi connectivity index (χ0n) is 10.6. The molecule has 1 unspecified atom stereocenters. The first-order valence-electron chi connectivity index (χ1n) is 5.95. The lowest BCUT2D eigenvalue weighted by atomic mass is 9.99. The normalized spacial score (nSPS) is 32.4. The van der Waals surface area contributed by atoms with Crippen molar-refractivity contribution in [3.05, 3.63) is 30.1 Å². The molecule has 1 fully saturated rings. The summed E-state index contributed by atoms with van der Waals surface area (Å²) in [6.07, 6.45) is -6.36. The van der Waals surface area contributed by atoms with Crippen LogP contribution in [0.3, 0.4) is 0 Å². The smallest absolute Gasteiger partial charge is 0.342 e. The lowest BCUT2D eigenvalue weighted by molar-refractivity contribution is -0.278. The van der Waals surface area contributed by atoms with E-state index >= 15 is 0 Å². The number of carbonyl (C=O) groups excluding carboxylic acids is 1. The number of aliphatic hydroxyl groups excluding tert-OH is 3. The standard InChI is InChI=1S/C12H13NO8/c14-6-7(15)9(10(17)18)20-12(8(6)16)21-11(19)5-2-1-3-13-4-5/h1-4,6-9,12,14-16H,(H,17,18)/t6-,7-,8+,9-,12?/m0/s1. The molecule has 4 N–H and O–H groups in total. The molecule has 0 aliphatic carbocycles. The molecule has 9 heteroatoms. The molecular formula is C12H13NO8. The molecular weight excluding hydrogens is 286 g/mol. The van der Waals surface area contributed by atoms with Crippen molar-refractivity contribution in [3.8, 4) is 0 Å². The van der Waals surface area contributed by atoms with Crippen molar-refractivity contribution in [2.75, 3.05) is 0 Å². The van der Waals surface area contributed by atoms with Crippen molar-refractivity contribution in [1.29, 1.82) is 0 Å². The van der Waals surface area contributed by atoms with Crippen LogP contribution < -0.4 is 0 Å². The SMILES string of the molecule is O=C(OC1O[C@H](C(=O)O)[C@@H](O)[C@H](O)[C@H]1O)c1cccnc1. The molecule has 2 heterocycles. The average molecular weight is 299 g/mol. The molecule has 114 valence electrons. The summed E-state index contributed by atoms with van der Waals surface area (Å²) in [7, 11) is 0. The van der Waals surface area contributed by atoms with Gasteiger partial charge >= 0.3 is 11.9 Å². The molecule has 2 rings (SSSR count). The van der Waals surface area contributed by atoms with Crippen molar-refractivity contribution in [2.45, 2.75) is 30.7 Å². The van der Waals surface area contributed by atoms with Crippen LogP contribution in [0.25, 0.3) is 0 Å². The van der Waals surface area contributed by atoms with Crippen LogP contribution in [0.15, 0.2) is 24.5 Å². The molecule has 21 heavy (non-hydrogen) atoms. The van der Waals surface area contributed by atoms with E-state index in [1.807, 2.05) is 0 Å². The van der Waals surface area contributed by atoms with Crippen LogP contribution in [0.2, 0.25) is 0 Å². The minimum Gasteiger partial charge on any atom is -0.479 e. The van der Waals surface area contributed by atoms with E-state index in [1.165, 1.54) is 24.5 Å². The Kier molecular flexibility index (Phi) is 4.48. The third-order valence-electron chi connectivity index (χ3n) is 2.93. The fraction of sp³-hybridized carbons (Fsp3) is 0.417. The van der Waals surface area contributed by atoms with Crippen LogP contribution in [-0.2, 0) is 14.3 Å². The Morgan fingerprint density at radius 1 is 1.19 bits per heavy atom. The summed E-state index contributed by atoms with van der Waals surface area (Å²) in [5, 5.41) is 37.6. The van der Waals surface area contributed by atoms with Crippen LogP contribution in [0.4, 0.5) is 0 Å². The van der Waals surface area contributed by atoms with Crippen LogP contribution >= 0.6 is 0 Å². The Bertz CT molecular complexity index is 521. The van der Waals surface area contributed by atoms with Gasteiger partial charge in [-0.2, -0.15) is 0 Å². The summed E-state index contributed by atoms with van der Waals surface area (Å²) in [5.41, 5.74) is 0.0563. The second kappa shape index (κ2) is 6.14. The van der Waals surface area contributed by atoms with Crippen molar-refractivity contribution in [3.63, 3.8) is 0 Å². The maximum absolute atomic E-state index is 11.8. The predicted molar refractivity (Wildman–Crippen MR) is 64.0 cm³/mol. The minimum atomic E-state index is -1.84. The lowest BCUT2D eigenvalue weighted by Crippen LogP contribution is -2.60. The maximum Gasteiger partial charge on any atom is 0.342 e. The molecule has 0 amide bonds. The van der Waals surface area contributed by atoms with Gasteiger partial charge in [-0.05, 0) is 12.1 Å². The van der Waals surface area contributed by atoms with E-state index in [0.29, 0.717) is 0 Å². The van der Waals surface area contributed by atoms with Gasteiger partial charge in [-0.3, -0.25) is 4.98 Å². The van der Waals surface area contributed by atoms with E-state index < -0.39 is 42.6 Å². The highest BCUT2D eigenvalue weighted by Gasteiger charge is 2.48. The first kappa shape index (κ1) is 15.3.